The largest absolute Gasteiger partial charge is 0.381 e. The van der Waals surface area contributed by atoms with Gasteiger partial charge in [-0.1, -0.05) is 0 Å². The van der Waals surface area contributed by atoms with Crippen molar-refractivity contribution in [2.24, 2.45) is 18.9 Å². The van der Waals surface area contributed by atoms with E-state index in [4.69, 9.17) is 14.2 Å². The van der Waals surface area contributed by atoms with Gasteiger partial charge in [0, 0.05) is 38.9 Å². The van der Waals surface area contributed by atoms with Gasteiger partial charge in [0.05, 0.1) is 32.0 Å². The van der Waals surface area contributed by atoms with Gasteiger partial charge in [-0.25, -0.2) is 0 Å². The summed E-state index contributed by atoms with van der Waals surface area (Å²) in [6.07, 6.45) is 4.14. The molecule has 0 N–H and O–H groups in total. The summed E-state index contributed by atoms with van der Waals surface area (Å²) in [4.78, 5) is 14.9. The highest BCUT2D eigenvalue weighted by molar-refractivity contribution is 5.93. The van der Waals surface area contributed by atoms with E-state index in [0.29, 0.717) is 31.6 Å². The first kappa shape index (κ1) is 16.1. The highest BCUT2D eigenvalue weighted by Crippen LogP contribution is 2.33. The molecule has 3 aliphatic heterocycles. The Morgan fingerprint density at radius 1 is 1.29 bits per heavy atom. The van der Waals surface area contributed by atoms with Gasteiger partial charge >= 0.3 is 0 Å². The Kier molecular flexibility index (Phi) is 4.61. The van der Waals surface area contributed by atoms with Gasteiger partial charge < -0.3 is 23.7 Å². The van der Waals surface area contributed by atoms with E-state index in [1.54, 1.807) is 0 Å². The molecule has 1 aromatic rings. The van der Waals surface area contributed by atoms with Gasteiger partial charge in [-0.05, 0) is 30.9 Å². The van der Waals surface area contributed by atoms with Crippen LogP contribution < -0.4 is 0 Å². The topological polar surface area (TPSA) is 52.9 Å². The molecule has 0 saturated carbocycles. The summed E-state index contributed by atoms with van der Waals surface area (Å²) in [7, 11) is 1.91. The zero-order valence-electron chi connectivity index (χ0n) is 14.2. The Labute approximate surface area is 142 Å². The summed E-state index contributed by atoms with van der Waals surface area (Å²) >= 11 is 0. The van der Waals surface area contributed by atoms with Crippen molar-refractivity contribution in [3.05, 3.63) is 24.0 Å². The third-order valence-electron chi connectivity index (χ3n) is 5.66. The lowest BCUT2D eigenvalue weighted by Gasteiger charge is -2.25. The molecule has 0 spiro atoms. The van der Waals surface area contributed by atoms with Crippen LogP contribution in [0.3, 0.4) is 0 Å². The number of ether oxygens (including phenoxy) is 3. The van der Waals surface area contributed by atoms with Crippen LogP contribution in [-0.4, -0.2) is 67.1 Å². The van der Waals surface area contributed by atoms with Crippen LogP contribution in [0.25, 0.3) is 0 Å². The van der Waals surface area contributed by atoms with Crippen molar-refractivity contribution < 1.29 is 19.0 Å². The molecule has 1 aromatic heterocycles. The van der Waals surface area contributed by atoms with Gasteiger partial charge in [0.15, 0.2) is 0 Å². The summed E-state index contributed by atoms with van der Waals surface area (Å²) in [5.74, 6) is 0.964. The second-order valence-electron chi connectivity index (χ2n) is 7.16. The molecule has 132 valence electrons. The van der Waals surface area contributed by atoms with Gasteiger partial charge in [0.2, 0.25) is 0 Å². The first-order chi connectivity index (χ1) is 11.7. The molecule has 6 nitrogen and oxygen atoms in total. The van der Waals surface area contributed by atoms with E-state index in [2.05, 4.69) is 0 Å². The van der Waals surface area contributed by atoms with Crippen molar-refractivity contribution in [3.63, 3.8) is 0 Å². The maximum Gasteiger partial charge on any atom is 0.270 e. The van der Waals surface area contributed by atoms with Crippen molar-refractivity contribution in [3.8, 4) is 0 Å². The van der Waals surface area contributed by atoms with Gasteiger partial charge in [-0.3, -0.25) is 4.79 Å². The van der Waals surface area contributed by atoms with Crippen LogP contribution in [0.5, 0.6) is 0 Å². The van der Waals surface area contributed by atoms with Crippen molar-refractivity contribution in [1.29, 1.82) is 0 Å². The molecule has 3 atom stereocenters. The predicted octanol–water partition coefficient (Wildman–Crippen LogP) is 1.31. The molecule has 0 aliphatic carbocycles. The number of likely N-dealkylation sites (tertiary alicyclic amines) is 1. The van der Waals surface area contributed by atoms with Crippen LogP contribution in [-0.2, 0) is 21.3 Å². The average Bonchev–Trinajstić information content (AvgIpc) is 3.30. The summed E-state index contributed by atoms with van der Waals surface area (Å²) in [6, 6.07) is 3.93. The van der Waals surface area contributed by atoms with Gasteiger partial charge in [0.1, 0.15) is 5.69 Å². The van der Waals surface area contributed by atoms with Crippen LogP contribution in [0.4, 0.5) is 0 Å². The normalized spacial score (nSPS) is 30.7. The summed E-state index contributed by atoms with van der Waals surface area (Å²) in [6.45, 7) is 4.44. The van der Waals surface area contributed by atoms with Crippen LogP contribution in [0.15, 0.2) is 18.3 Å². The van der Waals surface area contributed by atoms with E-state index in [1.165, 1.54) is 0 Å². The molecule has 0 aromatic carbocycles. The number of fused-ring (bicyclic) bond motifs is 1. The van der Waals surface area contributed by atoms with Gasteiger partial charge in [-0.2, -0.15) is 0 Å². The fraction of sp³-hybridized carbons (Fsp3) is 0.722. The molecule has 3 saturated heterocycles. The lowest BCUT2D eigenvalue weighted by Crippen LogP contribution is -2.39. The van der Waals surface area contributed by atoms with Crippen LogP contribution in [0, 0.1) is 11.8 Å². The molecule has 0 bridgehead atoms. The minimum atomic E-state index is 0.0835. The lowest BCUT2D eigenvalue weighted by atomic mass is 10.00. The minimum absolute atomic E-state index is 0.0835. The number of hydrogen-bond donors (Lipinski definition) is 0. The number of carbonyl (C=O) groups is 1. The molecule has 1 amide bonds. The van der Waals surface area contributed by atoms with Crippen molar-refractivity contribution in [2.75, 3.05) is 39.6 Å². The molecule has 24 heavy (non-hydrogen) atoms. The number of aryl methyl sites for hydroxylation is 1. The van der Waals surface area contributed by atoms with E-state index in [-0.39, 0.29) is 18.1 Å². The molecule has 3 fully saturated rings. The SMILES string of the molecule is Cn1cccc1C(=O)N1C[C@@H](OCC2CCOCC2)[C@@H]2COC[C@@H]21. The van der Waals surface area contributed by atoms with Crippen LogP contribution in [0.1, 0.15) is 23.3 Å². The van der Waals surface area contributed by atoms with E-state index in [0.717, 1.165) is 38.4 Å². The highest BCUT2D eigenvalue weighted by atomic mass is 16.5. The molecular formula is C18H26N2O4. The highest BCUT2D eigenvalue weighted by Gasteiger charge is 2.48. The van der Waals surface area contributed by atoms with Gasteiger partial charge in [-0.15, -0.1) is 0 Å². The molecular weight excluding hydrogens is 308 g/mol. The Morgan fingerprint density at radius 2 is 2.12 bits per heavy atom. The first-order valence-electron chi connectivity index (χ1n) is 8.93. The summed E-state index contributed by atoms with van der Waals surface area (Å²) in [5.41, 5.74) is 0.728. The van der Waals surface area contributed by atoms with Gasteiger partial charge in [0.25, 0.3) is 5.91 Å². The maximum absolute atomic E-state index is 12.9. The number of nitrogens with zero attached hydrogens (tertiary/aromatic N) is 2. The fourth-order valence-corrected chi connectivity index (χ4v) is 4.11. The zero-order chi connectivity index (χ0) is 16.5. The Bertz CT molecular complexity index is 581. The Balaban J connectivity index is 1.41. The van der Waals surface area contributed by atoms with E-state index >= 15 is 0 Å². The van der Waals surface area contributed by atoms with Crippen molar-refractivity contribution in [1.82, 2.24) is 9.47 Å². The van der Waals surface area contributed by atoms with E-state index in [9.17, 15) is 4.79 Å². The number of carbonyl (C=O) groups excluding carboxylic acids is 1. The second kappa shape index (κ2) is 6.86. The third-order valence-corrected chi connectivity index (χ3v) is 5.66. The summed E-state index contributed by atoms with van der Waals surface area (Å²) in [5, 5.41) is 0. The first-order valence-corrected chi connectivity index (χ1v) is 8.93. The van der Waals surface area contributed by atoms with Crippen molar-refractivity contribution in [2.45, 2.75) is 25.0 Å². The fourth-order valence-electron chi connectivity index (χ4n) is 4.11. The standard InChI is InChI=1S/C18H26N2O4/c1-19-6-2-3-15(19)18(21)20-9-17(14-11-23-12-16(14)20)24-10-13-4-7-22-8-5-13/h2-3,6,13-14,16-17H,4-5,7-12H2,1H3/t14-,16+,17-/m1/s1. The molecule has 0 radical (unpaired) electrons. The zero-order valence-corrected chi connectivity index (χ0v) is 14.2. The maximum atomic E-state index is 12.9. The molecule has 4 rings (SSSR count). The number of aromatic nitrogens is 1. The molecule has 6 heteroatoms. The number of hydrogen-bond acceptors (Lipinski definition) is 4. The molecule has 4 heterocycles. The molecule has 0 unspecified atom stereocenters. The number of amides is 1. The minimum Gasteiger partial charge on any atom is -0.381 e. The Morgan fingerprint density at radius 3 is 2.88 bits per heavy atom. The monoisotopic (exact) mass is 334 g/mol. The Hall–Kier alpha value is -1.37. The summed E-state index contributed by atoms with van der Waals surface area (Å²) < 4.78 is 19.2. The van der Waals surface area contributed by atoms with E-state index in [1.807, 2.05) is 34.8 Å². The van der Waals surface area contributed by atoms with E-state index < -0.39 is 0 Å². The van der Waals surface area contributed by atoms with Crippen molar-refractivity contribution >= 4 is 5.91 Å². The molecule has 3 aliphatic rings. The predicted molar refractivity (Wildman–Crippen MR) is 87.8 cm³/mol. The van der Waals surface area contributed by atoms with Crippen LogP contribution >= 0.6 is 0 Å². The number of rotatable bonds is 4. The third kappa shape index (κ3) is 2.98. The van der Waals surface area contributed by atoms with Crippen LogP contribution in [0.2, 0.25) is 0 Å². The quantitative estimate of drug-likeness (QED) is 0.833. The smallest absolute Gasteiger partial charge is 0.270 e. The average molecular weight is 334 g/mol. The second-order valence-corrected chi connectivity index (χ2v) is 7.16. The lowest BCUT2D eigenvalue weighted by molar-refractivity contribution is -0.0252.